The normalized spacial score (nSPS) is 10.7. The quantitative estimate of drug-likeness (QED) is 0.371. The number of carbonyl (C=O) groups excluding carboxylic acids is 1. The molecule has 1 N–H and O–H groups in total. The summed E-state index contributed by atoms with van der Waals surface area (Å²) in [5.41, 5.74) is 2.66. The third-order valence-corrected chi connectivity index (χ3v) is 5.56. The molecule has 7 heteroatoms. The maximum atomic E-state index is 12.3. The first-order valence-electron chi connectivity index (χ1n) is 10.2. The largest absolute Gasteiger partial charge is 0.483 e. The van der Waals surface area contributed by atoms with Crippen molar-refractivity contribution in [1.82, 2.24) is 15.5 Å². The summed E-state index contributed by atoms with van der Waals surface area (Å²) in [6.07, 6.45) is 2.81. The standard InChI is InChI=1S/C25H23N3O3S/c1-32-20-13-11-18(12-14-20)15-16-26-23(29)17-30-22-10-6-5-9-21(22)25-28-27-24(31-25)19-7-3-2-4-8-19/h2-14H,15-17H2,1H3,(H,26,29). The van der Waals surface area contributed by atoms with Gasteiger partial charge in [0.25, 0.3) is 11.8 Å². The summed E-state index contributed by atoms with van der Waals surface area (Å²) in [5.74, 6) is 1.10. The lowest BCUT2D eigenvalue weighted by molar-refractivity contribution is -0.123. The Kier molecular flexibility index (Phi) is 7.19. The van der Waals surface area contributed by atoms with Crippen LogP contribution in [0.3, 0.4) is 0 Å². The van der Waals surface area contributed by atoms with Crippen molar-refractivity contribution < 1.29 is 13.9 Å². The zero-order valence-corrected chi connectivity index (χ0v) is 18.5. The Morgan fingerprint density at radius 1 is 0.938 bits per heavy atom. The molecular weight excluding hydrogens is 422 g/mol. The fraction of sp³-hybridized carbons (Fsp3) is 0.160. The van der Waals surface area contributed by atoms with Crippen molar-refractivity contribution in [1.29, 1.82) is 0 Å². The highest BCUT2D eigenvalue weighted by Crippen LogP contribution is 2.30. The molecule has 1 aromatic heterocycles. The molecule has 3 aromatic carbocycles. The molecule has 0 saturated carbocycles. The number of thioether (sulfide) groups is 1. The Morgan fingerprint density at radius 3 is 2.44 bits per heavy atom. The molecule has 0 unspecified atom stereocenters. The molecule has 0 aliphatic rings. The van der Waals surface area contributed by atoms with Crippen molar-refractivity contribution in [3.8, 4) is 28.7 Å². The van der Waals surface area contributed by atoms with E-state index < -0.39 is 0 Å². The highest BCUT2D eigenvalue weighted by Gasteiger charge is 2.15. The number of amides is 1. The van der Waals surface area contributed by atoms with Crippen LogP contribution < -0.4 is 10.1 Å². The van der Waals surface area contributed by atoms with E-state index in [9.17, 15) is 4.79 Å². The van der Waals surface area contributed by atoms with Crippen LogP contribution in [0.4, 0.5) is 0 Å². The predicted molar refractivity (Wildman–Crippen MR) is 126 cm³/mol. The number of nitrogens with one attached hydrogen (secondary N) is 1. The minimum atomic E-state index is -0.184. The minimum absolute atomic E-state index is 0.0951. The van der Waals surface area contributed by atoms with E-state index in [1.54, 1.807) is 17.8 Å². The Morgan fingerprint density at radius 2 is 1.66 bits per heavy atom. The summed E-state index contributed by atoms with van der Waals surface area (Å²) in [6.45, 7) is 0.453. The molecule has 162 valence electrons. The van der Waals surface area contributed by atoms with Crippen molar-refractivity contribution in [3.63, 3.8) is 0 Å². The average molecular weight is 446 g/mol. The molecule has 6 nitrogen and oxygen atoms in total. The van der Waals surface area contributed by atoms with Crippen LogP contribution in [0.25, 0.3) is 22.9 Å². The number of nitrogens with zero attached hydrogens (tertiary/aromatic N) is 2. The first-order valence-corrected chi connectivity index (χ1v) is 11.5. The van der Waals surface area contributed by atoms with Crippen LogP contribution in [0, 0.1) is 0 Å². The third kappa shape index (κ3) is 5.56. The summed E-state index contributed by atoms with van der Waals surface area (Å²) >= 11 is 1.71. The monoisotopic (exact) mass is 445 g/mol. The van der Waals surface area contributed by atoms with Crippen molar-refractivity contribution >= 4 is 17.7 Å². The van der Waals surface area contributed by atoms with Gasteiger partial charge in [-0.05, 0) is 54.6 Å². The van der Waals surface area contributed by atoms with Gasteiger partial charge < -0.3 is 14.5 Å². The van der Waals surface area contributed by atoms with Gasteiger partial charge in [0.1, 0.15) is 5.75 Å². The fourth-order valence-electron chi connectivity index (χ4n) is 3.13. The van der Waals surface area contributed by atoms with E-state index in [2.05, 4.69) is 39.8 Å². The van der Waals surface area contributed by atoms with Crippen molar-refractivity contribution in [2.45, 2.75) is 11.3 Å². The zero-order chi connectivity index (χ0) is 22.2. The van der Waals surface area contributed by atoms with Gasteiger partial charge in [-0.1, -0.05) is 42.5 Å². The lowest BCUT2D eigenvalue weighted by atomic mass is 10.1. The smallest absolute Gasteiger partial charge is 0.257 e. The molecule has 4 rings (SSSR count). The van der Waals surface area contributed by atoms with Crippen LogP contribution in [0.5, 0.6) is 5.75 Å². The van der Waals surface area contributed by atoms with E-state index in [4.69, 9.17) is 9.15 Å². The molecular formula is C25H23N3O3S. The highest BCUT2D eigenvalue weighted by molar-refractivity contribution is 7.98. The van der Waals surface area contributed by atoms with E-state index in [0.717, 1.165) is 12.0 Å². The lowest BCUT2D eigenvalue weighted by Crippen LogP contribution is -2.30. The summed E-state index contributed by atoms with van der Waals surface area (Å²) < 4.78 is 11.6. The van der Waals surface area contributed by atoms with Gasteiger partial charge in [-0.3, -0.25) is 4.79 Å². The summed E-state index contributed by atoms with van der Waals surface area (Å²) in [4.78, 5) is 13.5. The second kappa shape index (κ2) is 10.6. The molecule has 0 atom stereocenters. The lowest BCUT2D eigenvalue weighted by Gasteiger charge is -2.10. The Hall–Kier alpha value is -3.58. The Balaban J connectivity index is 1.33. The molecule has 4 aromatic rings. The van der Waals surface area contributed by atoms with Crippen LogP contribution in [0.1, 0.15) is 5.56 Å². The molecule has 0 saturated heterocycles. The van der Waals surface area contributed by atoms with Crippen LogP contribution in [0.15, 0.2) is 88.2 Å². The first-order chi connectivity index (χ1) is 15.7. The fourth-order valence-corrected chi connectivity index (χ4v) is 3.54. The van der Waals surface area contributed by atoms with Crippen molar-refractivity contribution in [3.05, 3.63) is 84.4 Å². The number of para-hydroxylation sites is 1. The van der Waals surface area contributed by atoms with E-state index in [1.165, 1.54) is 10.5 Å². The van der Waals surface area contributed by atoms with Crippen LogP contribution in [-0.2, 0) is 11.2 Å². The maximum absolute atomic E-state index is 12.3. The summed E-state index contributed by atoms with van der Waals surface area (Å²) in [5, 5.41) is 11.2. The maximum Gasteiger partial charge on any atom is 0.257 e. The summed E-state index contributed by atoms with van der Waals surface area (Å²) in [7, 11) is 0. The van der Waals surface area contributed by atoms with Gasteiger partial charge in [-0.25, -0.2) is 0 Å². The summed E-state index contributed by atoms with van der Waals surface area (Å²) in [6, 6.07) is 25.2. The predicted octanol–water partition coefficient (Wildman–Crippen LogP) is 4.86. The first kappa shape index (κ1) is 21.6. The number of rotatable bonds is 9. The number of benzene rings is 3. The van der Waals surface area contributed by atoms with Gasteiger partial charge in [-0.15, -0.1) is 22.0 Å². The van der Waals surface area contributed by atoms with E-state index in [0.29, 0.717) is 29.6 Å². The number of carbonyl (C=O) groups is 1. The molecule has 0 aliphatic carbocycles. The topological polar surface area (TPSA) is 77.2 Å². The van der Waals surface area contributed by atoms with Gasteiger partial charge in [0, 0.05) is 17.0 Å². The van der Waals surface area contributed by atoms with E-state index >= 15 is 0 Å². The molecule has 0 aliphatic heterocycles. The van der Waals surface area contributed by atoms with Gasteiger partial charge in [0.2, 0.25) is 5.89 Å². The Labute approximate surface area is 191 Å². The number of ether oxygens (including phenoxy) is 1. The van der Waals surface area contributed by atoms with Gasteiger partial charge >= 0.3 is 0 Å². The second-order valence-corrected chi connectivity index (χ2v) is 7.89. The highest BCUT2D eigenvalue weighted by atomic mass is 32.2. The van der Waals surface area contributed by atoms with Crippen LogP contribution >= 0.6 is 11.8 Å². The average Bonchev–Trinajstić information content (AvgIpc) is 3.34. The van der Waals surface area contributed by atoms with Gasteiger partial charge in [0.05, 0.1) is 5.56 Å². The van der Waals surface area contributed by atoms with Crippen molar-refractivity contribution in [2.75, 3.05) is 19.4 Å². The number of hydrogen-bond donors (Lipinski definition) is 1. The number of hydrogen-bond acceptors (Lipinski definition) is 6. The second-order valence-electron chi connectivity index (χ2n) is 7.01. The minimum Gasteiger partial charge on any atom is -0.483 e. The SMILES string of the molecule is CSc1ccc(CCNC(=O)COc2ccccc2-c2nnc(-c3ccccc3)o2)cc1. The van der Waals surface area contributed by atoms with E-state index in [1.807, 2.05) is 54.8 Å². The Bertz CT molecular complexity index is 1160. The molecule has 32 heavy (non-hydrogen) atoms. The molecule has 1 amide bonds. The molecule has 0 fully saturated rings. The van der Waals surface area contributed by atoms with E-state index in [-0.39, 0.29) is 12.5 Å². The van der Waals surface area contributed by atoms with Crippen LogP contribution in [-0.4, -0.2) is 35.5 Å². The molecule has 0 spiro atoms. The number of aromatic nitrogens is 2. The van der Waals surface area contributed by atoms with Crippen LogP contribution in [0.2, 0.25) is 0 Å². The zero-order valence-electron chi connectivity index (χ0n) is 17.7. The van der Waals surface area contributed by atoms with Crippen molar-refractivity contribution in [2.24, 2.45) is 0 Å². The van der Waals surface area contributed by atoms with Gasteiger partial charge in [0.15, 0.2) is 6.61 Å². The molecule has 1 heterocycles. The van der Waals surface area contributed by atoms with Gasteiger partial charge in [-0.2, -0.15) is 0 Å². The molecule has 0 bridgehead atoms. The third-order valence-electron chi connectivity index (χ3n) is 4.82. The molecule has 0 radical (unpaired) electrons.